The Bertz CT molecular complexity index is 716. The molecular weight excluding hydrogens is 304 g/mol. The van der Waals surface area contributed by atoms with Crippen LogP contribution in [0.25, 0.3) is 0 Å². The molecule has 21 heavy (non-hydrogen) atoms. The number of benzene rings is 1. The monoisotopic (exact) mass is 317 g/mol. The molecule has 9 heteroatoms. The maximum atomic E-state index is 12.1. The van der Waals surface area contributed by atoms with E-state index in [1.54, 1.807) is 0 Å². The van der Waals surface area contributed by atoms with Gasteiger partial charge in [-0.3, -0.25) is 4.72 Å². The fraction of sp³-hybridized carbons (Fsp3) is 0.250. The summed E-state index contributed by atoms with van der Waals surface area (Å²) in [7, 11) is -3.86. The van der Waals surface area contributed by atoms with Crippen molar-refractivity contribution in [2.24, 2.45) is 0 Å². The molecule has 0 saturated carbocycles. The summed E-state index contributed by atoms with van der Waals surface area (Å²) in [4.78, 5) is 6.56. The van der Waals surface area contributed by atoms with E-state index in [-0.39, 0.29) is 16.5 Å². The number of halogens is 2. The first-order valence-corrected chi connectivity index (χ1v) is 7.50. The van der Waals surface area contributed by atoms with E-state index in [0.29, 0.717) is 12.2 Å². The lowest BCUT2D eigenvalue weighted by Crippen LogP contribution is -2.13. The van der Waals surface area contributed by atoms with Gasteiger partial charge in [0.25, 0.3) is 10.0 Å². The van der Waals surface area contributed by atoms with Gasteiger partial charge in [-0.2, -0.15) is 17.2 Å². The van der Waals surface area contributed by atoms with Crippen LogP contribution in [0.15, 0.2) is 35.5 Å². The van der Waals surface area contributed by atoms with Gasteiger partial charge in [0.2, 0.25) is 0 Å². The van der Waals surface area contributed by atoms with Crippen LogP contribution in [-0.4, -0.2) is 25.0 Å². The maximum Gasteiger partial charge on any atom is 0.387 e. The van der Waals surface area contributed by atoms with Gasteiger partial charge in [-0.15, -0.1) is 0 Å². The van der Waals surface area contributed by atoms with E-state index in [1.807, 2.05) is 6.92 Å². The zero-order valence-corrected chi connectivity index (χ0v) is 11.8. The Morgan fingerprint density at radius 3 is 2.81 bits per heavy atom. The third-order valence-corrected chi connectivity index (χ3v) is 3.83. The van der Waals surface area contributed by atoms with Crippen LogP contribution in [0.1, 0.15) is 12.7 Å². The van der Waals surface area contributed by atoms with Crippen molar-refractivity contribution in [2.75, 3.05) is 4.72 Å². The Morgan fingerprint density at radius 2 is 2.19 bits per heavy atom. The second-order valence-electron chi connectivity index (χ2n) is 4.06. The highest BCUT2D eigenvalue weighted by molar-refractivity contribution is 7.92. The molecule has 0 spiro atoms. The molecule has 1 aromatic heterocycles. The molecule has 114 valence electrons. The van der Waals surface area contributed by atoms with Crippen molar-refractivity contribution in [3.63, 3.8) is 0 Å². The van der Waals surface area contributed by atoms with Crippen molar-refractivity contribution in [3.05, 3.63) is 36.3 Å². The molecule has 2 rings (SSSR count). The van der Waals surface area contributed by atoms with Gasteiger partial charge in [0, 0.05) is 12.5 Å². The maximum absolute atomic E-state index is 12.1. The van der Waals surface area contributed by atoms with Gasteiger partial charge in [-0.1, -0.05) is 13.0 Å². The SMILES string of the molecule is CCc1ncc(S(=O)(=O)Nc2cccc(OC(F)F)c2)[nH]1. The Labute approximate surface area is 120 Å². The lowest BCUT2D eigenvalue weighted by molar-refractivity contribution is -0.0497. The highest BCUT2D eigenvalue weighted by Crippen LogP contribution is 2.21. The average Bonchev–Trinajstić information content (AvgIpc) is 2.87. The molecule has 0 aliphatic rings. The fourth-order valence-electron chi connectivity index (χ4n) is 1.61. The topological polar surface area (TPSA) is 84.1 Å². The molecule has 0 bridgehead atoms. The van der Waals surface area contributed by atoms with Crippen molar-refractivity contribution >= 4 is 15.7 Å². The summed E-state index contributed by atoms with van der Waals surface area (Å²) < 4.78 is 54.9. The second-order valence-corrected chi connectivity index (χ2v) is 5.71. The van der Waals surface area contributed by atoms with E-state index in [4.69, 9.17) is 0 Å². The Kier molecular flexibility index (Phi) is 4.41. The highest BCUT2D eigenvalue weighted by atomic mass is 32.2. The summed E-state index contributed by atoms with van der Waals surface area (Å²) in [6, 6.07) is 5.29. The number of nitrogens with one attached hydrogen (secondary N) is 2. The molecule has 2 aromatic rings. The number of aryl methyl sites for hydroxylation is 1. The van der Waals surface area contributed by atoms with E-state index >= 15 is 0 Å². The van der Waals surface area contributed by atoms with Gasteiger partial charge in [0.05, 0.1) is 11.9 Å². The molecule has 0 radical (unpaired) electrons. The van der Waals surface area contributed by atoms with Crippen LogP contribution >= 0.6 is 0 Å². The van der Waals surface area contributed by atoms with Gasteiger partial charge in [-0.25, -0.2) is 4.98 Å². The fourth-order valence-corrected chi connectivity index (χ4v) is 2.60. The standard InChI is InChI=1S/C12H13F2N3O3S/c1-2-10-15-7-11(16-10)21(18,19)17-8-4-3-5-9(6-8)20-12(13)14/h3-7,12,17H,2H2,1H3,(H,15,16). The Morgan fingerprint density at radius 1 is 1.43 bits per heavy atom. The van der Waals surface area contributed by atoms with Crippen LogP contribution in [0.2, 0.25) is 0 Å². The molecule has 0 amide bonds. The molecule has 1 aromatic carbocycles. The summed E-state index contributed by atoms with van der Waals surface area (Å²) in [5, 5.41) is -0.0977. The highest BCUT2D eigenvalue weighted by Gasteiger charge is 2.17. The molecule has 2 N–H and O–H groups in total. The predicted octanol–water partition coefficient (Wildman–Crippen LogP) is 2.37. The van der Waals surface area contributed by atoms with E-state index in [2.05, 4.69) is 19.4 Å². The molecule has 0 atom stereocenters. The minimum atomic E-state index is -3.86. The molecule has 6 nitrogen and oxygen atoms in total. The van der Waals surface area contributed by atoms with Crippen LogP contribution in [0.3, 0.4) is 0 Å². The number of aromatic amines is 1. The first-order valence-electron chi connectivity index (χ1n) is 6.02. The zero-order chi connectivity index (χ0) is 15.5. The lowest BCUT2D eigenvalue weighted by Gasteiger charge is -2.08. The number of nitrogens with zero attached hydrogens (tertiary/aromatic N) is 1. The van der Waals surface area contributed by atoms with Gasteiger partial charge in [0.1, 0.15) is 11.6 Å². The van der Waals surface area contributed by atoms with Gasteiger partial charge < -0.3 is 9.72 Å². The second kappa shape index (κ2) is 6.08. The molecule has 0 saturated heterocycles. The normalized spacial score (nSPS) is 11.6. The van der Waals surface area contributed by atoms with E-state index in [1.165, 1.54) is 30.5 Å². The van der Waals surface area contributed by atoms with Crippen LogP contribution in [0, 0.1) is 0 Å². The summed E-state index contributed by atoms with van der Waals surface area (Å²) in [6.07, 6.45) is 1.76. The van der Waals surface area contributed by atoms with E-state index in [0.717, 1.165) is 0 Å². The van der Waals surface area contributed by atoms with Crippen LogP contribution in [0.4, 0.5) is 14.5 Å². The Hall–Kier alpha value is -2.16. The summed E-state index contributed by atoms with van der Waals surface area (Å²) in [6.45, 7) is -1.15. The van der Waals surface area contributed by atoms with Crippen molar-refractivity contribution in [1.29, 1.82) is 0 Å². The van der Waals surface area contributed by atoms with Gasteiger partial charge >= 0.3 is 6.61 Å². The van der Waals surface area contributed by atoms with Gasteiger partial charge in [0.15, 0.2) is 5.03 Å². The molecule has 0 aliphatic carbocycles. The number of imidazole rings is 1. The molecular formula is C12H13F2N3O3S. The van der Waals surface area contributed by atoms with E-state index in [9.17, 15) is 17.2 Å². The number of hydrogen-bond donors (Lipinski definition) is 2. The number of rotatable bonds is 6. The molecule has 0 aliphatic heterocycles. The number of aromatic nitrogens is 2. The van der Waals surface area contributed by atoms with Crippen molar-refractivity contribution in [3.8, 4) is 5.75 Å². The van der Waals surface area contributed by atoms with Crippen molar-refractivity contribution in [2.45, 2.75) is 25.0 Å². The zero-order valence-electron chi connectivity index (χ0n) is 11.0. The number of anilines is 1. The summed E-state index contributed by atoms with van der Waals surface area (Å²) >= 11 is 0. The van der Waals surface area contributed by atoms with Crippen LogP contribution in [-0.2, 0) is 16.4 Å². The van der Waals surface area contributed by atoms with Crippen LogP contribution < -0.4 is 9.46 Å². The predicted molar refractivity (Wildman–Crippen MR) is 71.8 cm³/mol. The number of hydrogen-bond acceptors (Lipinski definition) is 4. The third kappa shape index (κ3) is 3.91. The molecule has 0 unspecified atom stereocenters. The smallest absolute Gasteiger partial charge is 0.387 e. The van der Waals surface area contributed by atoms with Crippen molar-refractivity contribution in [1.82, 2.24) is 9.97 Å². The third-order valence-electron chi connectivity index (χ3n) is 2.54. The largest absolute Gasteiger partial charge is 0.435 e. The number of H-pyrrole nitrogens is 1. The molecule has 0 fully saturated rings. The summed E-state index contributed by atoms with van der Waals surface area (Å²) in [5.41, 5.74) is 0.112. The average molecular weight is 317 g/mol. The lowest BCUT2D eigenvalue weighted by atomic mass is 10.3. The first-order chi connectivity index (χ1) is 9.90. The minimum Gasteiger partial charge on any atom is -0.435 e. The summed E-state index contributed by atoms with van der Waals surface area (Å²) in [5.74, 6) is 0.397. The van der Waals surface area contributed by atoms with Crippen LogP contribution in [0.5, 0.6) is 5.75 Å². The van der Waals surface area contributed by atoms with Crippen molar-refractivity contribution < 1.29 is 21.9 Å². The quantitative estimate of drug-likeness (QED) is 0.856. The molecule has 1 heterocycles. The Balaban J connectivity index is 2.20. The van der Waals surface area contributed by atoms with E-state index < -0.39 is 16.6 Å². The number of ether oxygens (including phenoxy) is 1. The minimum absolute atomic E-state index is 0.0977. The van der Waals surface area contributed by atoms with Gasteiger partial charge in [-0.05, 0) is 12.1 Å². The number of sulfonamides is 1. The number of alkyl halides is 2. The first kappa shape index (κ1) is 15.2.